The molecule has 1 N–H and O–H groups in total. The van der Waals surface area contributed by atoms with Crippen LogP contribution in [-0.2, 0) is 11.2 Å². The van der Waals surface area contributed by atoms with Crippen LogP contribution in [0.2, 0.25) is 10.0 Å². The SMILES string of the molecule is O=C(COc1ccc(Cl)c(Cl)c1)Cc1cccc(C(=O)O)c1. The molecule has 0 aromatic heterocycles. The summed E-state index contributed by atoms with van der Waals surface area (Å²) in [7, 11) is 0. The van der Waals surface area contributed by atoms with Crippen LogP contribution in [0.15, 0.2) is 42.5 Å². The first kappa shape index (κ1) is 16.3. The molecule has 0 aliphatic carbocycles. The van der Waals surface area contributed by atoms with Crippen LogP contribution in [0.1, 0.15) is 15.9 Å². The van der Waals surface area contributed by atoms with E-state index >= 15 is 0 Å². The number of carbonyl (C=O) groups excluding carboxylic acids is 1. The average Bonchev–Trinajstić information content (AvgIpc) is 2.49. The van der Waals surface area contributed by atoms with Gasteiger partial charge in [-0.1, -0.05) is 35.3 Å². The van der Waals surface area contributed by atoms with Crippen LogP contribution in [0.5, 0.6) is 5.75 Å². The van der Waals surface area contributed by atoms with Gasteiger partial charge in [0.1, 0.15) is 12.4 Å². The van der Waals surface area contributed by atoms with Gasteiger partial charge >= 0.3 is 5.97 Å². The van der Waals surface area contributed by atoms with Crippen LogP contribution in [0.25, 0.3) is 0 Å². The highest BCUT2D eigenvalue weighted by Gasteiger charge is 2.09. The molecule has 0 atom stereocenters. The third-order valence-electron chi connectivity index (χ3n) is 2.87. The Morgan fingerprint density at radius 2 is 1.82 bits per heavy atom. The predicted octanol–water partition coefficient (Wildman–Crippen LogP) is 3.88. The van der Waals surface area contributed by atoms with E-state index in [2.05, 4.69) is 0 Å². The van der Waals surface area contributed by atoms with Gasteiger partial charge in [0.15, 0.2) is 5.78 Å². The Hall–Kier alpha value is -2.04. The number of hydrogen-bond donors (Lipinski definition) is 1. The van der Waals surface area contributed by atoms with Crippen molar-refractivity contribution in [2.45, 2.75) is 6.42 Å². The van der Waals surface area contributed by atoms with E-state index in [9.17, 15) is 9.59 Å². The van der Waals surface area contributed by atoms with E-state index in [1.807, 2.05) is 0 Å². The third kappa shape index (κ3) is 4.48. The lowest BCUT2D eigenvalue weighted by atomic mass is 10.1. The second-order valence-corrected chi connectivity index (χ2v) is 5.40. The molecule has 0 radical (unpaired) electrons. The van der Waals surface area contributed by atoms with Crippen LogP contribution < -0.4 is 4.74 Å². The van der Waals surface area contributed by atoms with Crippen LogP contribution in [0, 0.1) is 0 Å². The summed E-state index contributed by atoms with van der Waals surface area (Å²) in [4.78, 5) is 22.8. The molecular weight excluding hydrogens is 327 g/mol. The highest BCUT2D eigenvalue weighted by molar-refractivity contribution is 6.42. The molecule has 6 heteroatoms. The first-order valence-electron chi connectivity index (χ1n) is 6.37. The molecule has 2 rings (SSSR count). The lowest BCUT2D eigenvalue weighted by molar-refractivity contribution is -0.120. The standard InChI is InChI=1S/C16H12Cl2O4/c17-14-5-4-13(8-15(14)18)22-9-12(19)7-10-2-1-3-11(6-10)16(20)21/h1-6,8H,7,9H2,(H,20,21). The number of Topliss-reactive ketones (excluding diaryl/α,β-unsaturated/α-hetero) is 1. The van der Waals surface area contributed by atoms with Gasteiger partial charge in [-0.25, -0.2) is 4.79 Å². The number of benzene rings is 2. The largest absolute Gasteiger partial charge is 0.486 e. The maximum atomic E-state index is 11.9. The minimum absolute atomic E-state index is 0.0996. The normalized spacial score (nSPS) is 10.3. The minimum atomic E-state index is -1.03. The van der Waals surface area contributed by atoms with Crippen LogP contribution >= 0.6 is 23.2 Å². The molecule has 0 amide bonds. The molecule has 2 aromatic rings. The van der Waals surface area contributed by atoms with E-state index < -0.39 is 5.97 Å². The first-order valence-corrected chi connectivity index (χ1v) is 7.13. The molecule has 0 saturated carbocycles. The topological polar surface area (TPSA) is 63.6 Å². The Labute approximate surface area is 137 Å². The molecule has 0 heterocycles. The van der Waals surface area contributed by atoms with Gasteiger partial charge < -0.3 is 9.84 Å². The van der Waals surface area contributed by atoms with Crippen molar-refractivity contribution in [3.8, 4) is 5.75 Å². The van der Waals surface area contributed by atoms with Gasteiger partial charge in [0, 0.05) is 12.5 Å². The van der Waals surface area contributed by atoms with E-state index in [4.69, 9.17) is 33.0 Å². The van der Waals surface area contributed by atoms with E-state index in [1.54, 1.807) is 24.3 Å². The first-order chi connectivity index (χ1) is 10.5. The van der Waals surface area contributed by atoms with Gasteiger partial charge in [0.25, 0.3) is 0 Å². The molecule has 0 unspecified atom stereocenters. The number of carboxylic acids is 1. The molecule has 4 nitrogen and oxygen atoms in total. The molecular formula is C16H12Cl2O4. The van der Waals surface area contributed by atoms with E-state index in [1.165, 1.54) is 18.2 Å². The molecule has 2 aromatic carbocycles. The van der Waals surface area contributed by atoms with Crippen molar-refractivity contribution >= 4 is 35.0 Å². The summed E-state index contributed by atoms with van der Waals surface area (Å²) in [6.45, 7) is -0.130. The quantitative estimate of drug-likeness (QED) is 0.867. The van der Waals surface area contributed by atoms with Crippen molar-refractivity contribution in [1.29, 1.82) is 0 Å². The predicted molar refractivity (Wildman–Crippen MR) is 84.1 cm³/mol. The summed E-state index contributed by atoms with van der Waals surface area (Å²) < 4.78 is 5.34. The lowest BCUT2D eigenvalue weighted by Crippen LogP contribution is -2.14. The maximum absolute atomic E-state index is 11.9. The van der Waals surface area contributed by atoms with Crippen molar-refractivity contribution in [1.82, 2.24) is 0 Å². The Bertz CT molecular complexity index is 713. The Balaban J connectivity index is 1.94. The summed E-state index contributed by atoms with van der Waals surface area (Å²) in [5, 5.41) is 9.67. The second-order valence-electron chi connectivity index (χ2n) is 4.59. The molecule has 0 fully saturated rings. The molecule has 0 saturated heterocycles. The Morgan fingerprint density at radius 1 is 1.05 bits per heavy atom. The average molecular weight is 339 g/mol. The zero-order chi connectivity index (χ0) is 16.1. The second kappa shape index (κ2) is 7.29. The number of hydrogen-bond acceptors (Lipinski definition) is 3. The fraction of sp³-hybridized carbons (Fsp3) is 0.125. The molecule has 22 heavy (non-hydrogen) atoms. The van der Waals surface area contributed by atoms with E-state index in [0.29, 0.717) is 21.4 Å². The molecule has 0 aliphatic rings. The van der Waals surface area contributed by atoms with Gasteiger partial charge in [0.2, 0.25) is 0 Å². The molecule has 0 spiro atoms. The Morgan fingerprint density at radius 3 is 2.50 bits per heavy atom. The number of carboxylic acid groups (broad SMARTS) is 1. The van der Waals surface area contributed by atoms with Crippen molar-refractivity contribution in [3.63, 3.8) is 0 Å². The lowest BCUT2D eigenvalue weighted by Gasteiger charge is -2.07. The summed E-state index contributed by atoms with van der Waals surface area (Å²) in [5.74, 6) is -0.753. The third-order valence-corrected chi connectivity index (χ3v) is 3.61. The fourth-order valence-corrected chi connectivity index (χ4v) is 2.11. The monoisotopic (exact) mass is 338 g/mol. The van der Waals surface area contributed by atoms with Crippen molar-refractivity contribution < 1.29 is 19.4 Å². The van der Waals surface area contributed by atoms with E-state index in [-0.39, 0.29) is 24.4 Å². The van der Waals surface area contributed by atoms with Crippen LogP contribution in [0.3, 0.4) is 0 Å². The zero-order valence-electron chi connectivity index (χ0n) is 11.4. The van der Waals surface area contributed by atoms with Gasteiger partial charge in [-0.2, -0.15) is 0 Å². The summed E-state index contributed by atoms with van der Waals surface area (Å²) in [6.07, 6.45) is 0.0996. The number of carbonyl (C=O) groups is 2. The molecule has 0 bridgehead atoms. The maximum Gasteiger partial charge on any atom is 0.335 e. The van der Waals surface area contributed by atoms with Gasteiger partial charge in [-0.05, 0) is 29.8 Å². The molecule has 0 aliphatic heterocycles. The van der Waals surface area contributed by atoms with Crippen molar-refractivity contribution in [2.75, 3.05) is 6.61 Å². The molecule has 114 valence electrons. The highest BCUT2D eigenvalue weighted by Crippen LogP contribution is 2.26. The smallest absolute Gasteiger partial charge is 0.335 e. The Kier molecular flexibility index (Phi) is 5.41. The summed E-state index contributed by atoms with van der Waals surface area (Å²) >= 11 is 11.6. The number of rotatable bonds is 6. The van der Waals surface area contributed by atoms with Crippen molar-refractivity contribution in [3.05, 3.63) is 63.6 Å². The van der Waals surface area contributed by atoms with E-state index in [0.717, 1.165) is 0 Å². The van der Waals surface area contributed by atoms with Gasteiger partial charge in [-0.15, -0.1) is 0 Å². The number of ketones is 1. The number of halogens is 2. The fourth-order valence-electron chi connectivity index (χ4n) is 1.82. The number of ether oxygens (including phenoxy) is 1. The number of aromatic carboxylic acids is 1. The van der Waals surface area contributed by atoms with Gasteiger partial charge in [-0.3, -0.25) is 4.79 Å². The zero-order valence-corrected chi connectivity index (χ0v) is 12.9. The minimum Gasteiger partial charge on any atom is -0.486 e. The van der Waals surface area contributed by atoms with Crippen molar-refractivity contribution in [2.24, 2.45) is 0 Å². The van der Waals surface area contributed by atoms with Crippen LogP contribution in [-0.4, -0.2) is 23.5 Å². The van der Waals surface area contributed by atoms with Gasteiger partial charge in [0.05, 0.1) is 15.6 Å². The summed E-state index contributed by atoms with van der Waals surface area (Å²) in [6, 6.07) is 11.0. The summed E-state index contributed by atoms with van der Waals surface area (Å²) in [5.41, 5.74) is 0.776. The highest BCUT2D eigenvalue weighted by atomic mass is 35.5. The van der Waals surface area contributed by atoms with Crippen LogP contribution in [0.4, 0.5) is 0 Å².